The van der Waals surface area contributed by atoms with Gasteiger partial charge < -0.3 is 10.1 Å². The van der Waals surface area contributed by atoms with Crippen LogP contribution in [0.15, 0.2) is 42.5 Å². The number of ketones is 1. The molecule has 2 aromatic rings. The lowest BCUT2D eigenvalue weighted by Crippen LogP contribution is -2.41. The lowest BCUT2D eigenvalue weighted by atomic mass is 9.92. The van der Waals surface area contributed by atoms with Crippen LogP contribution in [-0.2, 0) is 19.9 Å². The molecule has 1 aliphatic rings. The number of hydrogen-bond acceptors (Lipinski definition) is 5. The van der Waals surface area contributed by atoms with Crippen LogP contribution in [0.3, 0.4) is 0 Å². The first-order chi connectivity index (χ1) is 14.1. The highest BCUT2D eigenvalue weighted by atomic mass is 16.5. The molecule has 0 bridgehead atoms. The third kappa shape index (κ3) is 3.96. The molecule has 7 nitrogen and oxygen atoms in total. The van der Waals surface area contributed by atoms with Crippen molar-refractivity contribution in [3.63, 3.8) is 0 Å². The van der Waals surface area contributed by atoms with Gasteiger partial charge >= 0.3 is 12.0 Å². The van der Waals surface area contributed by atoms with Crippen molar-refractivity contribution in [3.05, 3.63) is 70.3 Å². The number of rotatable bonds is 6. The number of esters is 1. The van der Waals surface area contributed by atoms with E-state index in [4.69, 9.17) is 4.74 Å². The number of imide groups is 1. The van der Waals surface area contributed by atoms with E-state index in [-0.39, 0.29) is 5.78 Å². The number of carbonyl (C=O) groups excluding carboxylic acids is 4. The molecule has 1 aliphatic heterocycles. The molecule has 2 aromatic carbocycles. The molecule has 1 saturated heterocycles. The van der Waals surface area contributed by atoms with Crippen molar-refractivity contribution >= 4 is 23.7 Å². The number of ether oxygens (including phenoxy) is 1. The molecule has 7 heteroatoms. The largest absolute Gasteiger partial charge is 0.456 e. The zero-order valence-corrected chi connectivity index (χ0v) is 17.4. The van der Waals surface area contributed by atoms with Crippen LogP contribution in [-0.4, -0.2) is 41.7 Å². The van der Waals surface area contributed by atoms with Gasteiger partial charge in [-0.3, -0.25) is 19.3 Å². The number of nitrogens with one attached hydrogen (secondary N) is 1. The van der Waals surface area contributed by atoms with Crippen LogP contribution in [0, 0.1) is 20.8 Å². The Hall–Kier alpha value is -3.48. The van der Waals surface area contributed by atoms with E-state index in [2.05, 4.69) is 5.32 Å². The Bertz CT molecular complexity index is 1030. The van der Waals surface area contributed by atoms with Crippen LogP contribution in [0.1, 0.15) is 39.5 Å². The summed E-state index contributed by atoms with van der Waals surface area (Å²) < 4.78 is 5.05. The van der Waals surface area contributed by atoms with Gasteiger partial charge in [-0.05, 0) is 56.0 Å². The first-order valence-electron chi connectivity index (χ1n) is 9.60. The number of benzene rings is 2. The minimum absolute atomic E-state index is 0.338. The molecule has 0 spiro atoms. The first kappa shape index (κ1) is 21.2. The molecular weight excluding hydrogens is 384 g/mol. The van der Waals surface area contributed by atoms with E-state index >= 15 is 0 Å². The van der Waals surface area contributed by atoms with E-state index in [9.17, 15) is 19.2 Å². The van der Waals surface area contributed by atoms with Crippen LogP contribution < -0.4 is 5.32 Å². The average molecular weight is 408 g/mol. The fraction of sp³-hybridized carbons (Fsp3) is 0.304. The summed E-state index contributed by atoms with van der Waals surface area (Å²) in [5, 5.41) is 2.62. The van der Waals surface area contributed by atoms with E-state index in [1.165, 1.54) is 0 Å². The Morgan fingerprint density at radius 2 is 1.63 bits per heavy atom. The topological polar surface area (TPSA) is 92.8 Å². The molecule has 1 N–H and O–H groups in total. The Morgan fingerprint density at radius 3 is 2.30 bits per heavy atom. The van der Waals surface area contributed by atoms with Crippen molar-refractivity contribution in [3.8, 4) is 0 Å². The first-order valence-corrected chi connectivity index (χ1v) is 9.60. The van der Waals surface area contributed by atoms with Crippen LogP contribution >= 0.6 is 0 Å². The van der Waals surface area contributed by atoms with Crippen molar-refractivity contribution in [2.45, 2.75) is 33.2 Å². The molecule has 30 heavy (non-hydrogen) atoms. The van der Waals surface area contributed by atoms with Crippen molar-refractivity contribution < 1.29 is 23.9 Å². The zero-order valence-electron chi connectivity index (χ0n) is 17.4. The van der Waals surface area contributed by atoms with Gasteiger partial charge in [0.25, 0.3) is 5.91 Å². The summed E-state index contributed by atoms with van der Waals surface area (Å²) in [7, 11) is 0. The molecule has 1 heterocycles. The Balaban J connectivity index is 1.64. The summed E-state index contributed by atoms with van der Waals surface area (Å²) >= 11 is 0. The summed E-state index contributed by atoms with van der Waals surface area (Å²) in [6.45, 7) is 6.24. The van der Waals surface area contributed by atoms with E-state index in [1.807, 2.05) is 26.8 Å². The van der Waals surface area contributed by atoms with Gasteiger partial charge in [-0.25, -0.2) is 4.79 Å². The molecule has 156 valence electrons. The molecule has 3 rings (SSSR count). The number of amides is 3. The Kier molecular flexibility index (Phi) is 5.73. The van der Waals surface area contributed by atoms with Gasteiger partial charge in [0.05, 0.1) is 0 Å². The van der Waals surface area contributed by atoms with Gasteiger partial charge in [0.15, 0.2) is 6.61 Å². The predicted molar refractivity (Wildman–Crippen MR) is 110 cm³/mol. The highest BCUT2D eigenvalue weighted by Gasteiger charge is 2.49. The molecule has 0 radical (unpaired) electrons. The molecule has 0 aromatic heterocycles. The molecule has 3 amide bonds. The van der Waals surface area contributed by atoms with Crippen molar-refractivity contribution in [1.29, 1.82) is 0 Å². The zero-order chi connectivity index (χ0) is 22.1. The highest BCUT2D eigenvalue weighted by molar-refractivity contribution is 6.09. The smallest absolute Gasteiger partial charge is 0.326 e. The van der Waals surface area contributed by atoms with E-state index in [0.717, 1.165) is 21.6 Å². The standard InChI is InChI=1S/C23H24N2O5/c1-14-10-16(3)18(11-15(14)2)19(26)13-30-20(27)12-25-21(28)23(4,24-22(25)29)17-8-6-5-7-9-17/h5-11H,12-13H2,1-4H3,(H,24,29)/t23-/m0/s1. The second-order valence-electron chi connectivity index (χ2n) is 7.65. The third-order valence-corrected chi connectivity index (χ3v) is 5.42. The molecule has 1 atom stereocenters. The van der Waals surface area contributed by atoms with Gasteiger partial charge in [-0.2, -0.15) is 0 Å². The second-order valence-corrected chi connectivity index (χ2v) is 7.65. The van der Waals surface area contributed by atoms with E-state index < -0.39 is 36.6 Å². The van der Waals surface area contributed by atoms with Gasteiger partial charge in [0.2, 0.25) is 5.78 Å². The third-order valence-electron chi connectivity index (χ3n) is 5.42. The number of nitrogens with zero attached hydrogens (tertiary/aromatic N) is 1. The number of urea groups is 1. The van der Waals surface area contributed by atoms with Crippen LogP contribution in [0.5, 0.6) is 0 Å². The van der Waals surface area contributed by atoms with Gasteiger partial charge in [-0.15, -0.1) is 0 Å². The number of Topliss-reactive ketones (excluding diaryl/α,β-unsaturated/α-hetero) is 1. The van der Waals surface area contributed by atoms with E-state index in [1.54, 1.807) is 43.3 Å². The van der Waals surface area contributed by atoms with Gasteiger partial charge in [0.1, 0.15) is 12.1 Å². The quantitative estimate of drug-likeness (QED) is 0.451. The molecule has 0 unspecified atom stereocenters. The van der Waals surface area contributed by atoms with Crippen LogP contribution in [0.4, 0.5) is 4.79 Å². The second kappa shape index (κ2) is 8.10. The van der Waals surface area contributed by atoms with Crippen LogP contribution in [0.25, 0.3) is 0 Å². The maximum atomic E-state index is 12.8. The lowest BCUT2D eigenvalue weighted by molar-refractivity contribution is -0.146. The monoisotopic (exact) mass is 408 g/mol. The number of aryl methyl sites for hydroxylation is 3. The minimum Gasteiger partial charge on any atom is -0.456 e. The van der Waals surface area contributed by atoms with Crippen molar-refractivity contribution in [2.24, 2.45) is 0 Å². The van der Waals surface area contributed by atoms with Crippen molar-refractivity contribution in [1.82, 2.24) is 10.2 Å². The lowest BCUT2D eigenvalue weighted by Gasteiger charge is -2.21. The fourth-order valence-corrected chi connectivity index (χ4v) is 3.47. The molecule has 0 saturated carbocycles. The fourth-order valence-electron chi connectivity index (χ4n) is 3.47. The summed E-state index contributed by atoms with van der Waals surface area (Å²) in [5.41, 5.74) is 2.67. The minimum atomic E-state index is -1.26. The SMILES string of the molecule is Cc1cc(C)c(C(=O)COC(=O)CN2C(=O)N[C@@](C)(c3ccccc3)C2=O)cc1C. The predicted octanol–water partition coefficient (Wildman–Crippen LogP) is 2.80. The molecule has 1 fully saturated rings. The maximum absolute atomic E-state index is 12.8. The molecular formula is C23H24N2O5. The van der Waals surface area contributed by atoms with Gasteiger partial charge in [-0.1, -0.05) is 36.4 Å². The molecule has 0 aliphatic carbocycles. The number of carbonyl (C=O) groups is 4. The normalized spacial score (nSPS) is 18.3. The maximum Gasteiger partial charge on any atom is 0.326 e. The van der Waals surface area contributed by atoms with Gasteiger partial charge in [0, 0.05) is 5.56 Å². The summed E-state index contributed by atoms with van der Waals surface area (Å²) in [5.74, 6) is -1.71. The number of hydrogen-bond donors (Lipinski definition) is 1. The average Bonchev–Trinajstić information content (AvgIpc) is 2.93. The highest BCUT2D eigenvalue weighted by Crippen LogP contribution is 2.28. The summed E-state index contributed by atoms with van der Waals surface area (Å²) in [6.07, 6.45) is 0. The summed E-state index contributed by atoms with van der Waals surface area (Å²) in [6, 6.07) is 11.8. The van der Waals surface area contributed by atoms with Crippen LogP contribution in [0.2, 0.25) is 0 Å². The Labute approximate surface area is 175 Å². The summed E-state index contributed by atoms with van der Waals surface area (Å²) in [4.78, 5) is 50.6. The Morgan fingerprint density at radius 1 is 1.00 bits per heavy atom. The van der Waals surface area contributed by atoms with E-state index in [0.29, 0.717) is 11.1 Å². The van der Waals surface area contributed by atoms with Crippen molar-refractivity contribution in [2.75, 3.05) is 13.2 Å².